The first-order valence-electron chi connectivity index (χ1n) is 7.60. The van der Waals surface area contributed by atoms with E-state index in [4.69, 9.17) is 4.74 Å². The molecule has 0 saturated heterocycles. The standard InChI is InChI=1S/C19H25NO/c1-5-20-19(13-21-17-9-7-6-8-10-17)18-12-15(3)14(2)11-16(18)4/h6-12,19-20H,5,13H2,1-4H3. The highest BCUT2D eigenvalue weighted by Gasteiger charge is 2.14. The summed E-state index contributed by atoms with van der Waals surface area (Å²) in [5.74, 6) is 0.918. The maximum atomic E-state index is 5.94. The molecule has 2 nitrogen and oxygen atoms in total. The fraction of sp³-hybridized carbons (Fsp3) is 0.368. The summed E-state index contributed by atoms with van der Waals surface area (Å²) in [6.45, 7) is 10.2. The van der Waals surface area contributed by atoms with Crippen molar-refractivity contribution in [2.24, 2.45) is 0 Å². The van der Waals surface area contributed by atoms with Gasteiger partial charge in [-0.05, 0) is 61.7 Å². The van der Waals surface area contributed by atoms with E-state index >= 15 is 0 Å². The highest BCUT2D eigenvalue weighted by Crippen LogP contribution is 2.23. The minimum atomic E-state index is 0.217. The molecule has 2 heteroatoms. The number of rotatable bonds is 6. The Balaban J connectivity index is 2.17. The molecule has 0 heterocycles. The molecule has 0 aromatic heterocycles. The molecule has 0 aliphatic rings. The van der Waals surface area contributed by atoms with Gasteiger partial charge < -0.3 is 10.1 Å². The van der Waals surface area contributed by atoms with Crippen LogP contribution in [0.15, 0.2) is 42.5 Å². The monoisotopic (exact) mass is 283 g/mol. The Labute approximate surface area is 128 Å². The van der Waals surface area contributed by atoms with Gasteiger partial charge in [0.15, 0.2) is 0 Å². The summed E-state index contributed by atoms with van der Waals surface area (Å²) in [5, 5.41) is 3.53. The van der Waals surface area contributed by atoms with E-state index in [1.165, 1.54) is 22.3 Å². The molecule has 2 aromatic rings. The molecular formula is C19H25NO. The first-order chi connectivity index (χ1) is 10.1. The minimum Gasteiger partial charge on any atom is -0.492 e. The summed E-state index contributed by atoms with van der Waals surface area (Å²) in [4.78, 5) is 0. The maximum Gasteiger partial charge on any atom is 0.119 e. The van der Waals surface area contributed by atoms with Gasteiger partial charge in [-0.25, -0.2) is 0 Å². The third-order valence-corrected chi connectivity index (χ3v) is 3.87. The average Bonchev–Trinajstić information content (AvgIpc) is 2.48. The second-order valence-corrected chi connectivity index (χ2v) is 5.53. The molecule has 0 saturated carbocycles. The normalized spacial score (nSPS) is 12.2. The second-order valence-electron chi connectivity index (χ2n) is 5.53. The molecule has 21 heavy (non-hydrogen) atoms. The number of nitrogens with one attached hydrogen (secondary N) is 1. The van der Waals surface area contributed by atoms with Crippen molar-refractivity contribution in [3.05, 3.63) is 64.7 Å². The predicted octanol–water partition coefficient (Wildman–Crippen LogP) is 4.34. The Morgan fingerprint density at radius 1 is 0.952 bits per heavy atom. The SMILES string of the molecule is CCNC(COc1ccccc1)c1cc(C)c(C)cc1C. The lowest BCUT2D eigenvalue weighted by Gasteiger charge is -2.22. The number of para-hydroxylation sites is 1. The van der Waals surface area contributed by atoms with Crippen LogP contribution in [-0.4, -0.2) is 13.2 Å². The van der Waals surface area contributed by atoms with Gasteiger partial charge in [-0.2, -0.15) is 0 Å². The summed E-state index contributed by atoms with van der Waals surface area (Å²) < 4.78 is 5.94. The zero-order valence-corrected chi connectivity index (χ0v) is 13.4. The Morgan fingerprint density at radius 3 is 2.29 bits per heavy atom. The number of ether oxygens (including phenoxy) is 1. The van der Waals surface area contributed by atoms with Crippen LogP contribution in [0.3, 0.4) is 0 Å². The van der Waals surface area contributed by atoms with E-state index in [-0.39, 0.29) is 6.04 Å². The summed E-state index contributed by atoms with van der Waals surface area (Å²) in [6.07, 6.45) is 0. The molecule has 0 fully saturated rings. The zero-order chi connectivity index (χ0) is 15.2. The molecule has 1 atom stereocenters. The van der Waals surface area contributed by atoms with Gasteiger partial charge in [0.05, 0.1) is 6.04 Å². The maximum absolute atomic E-state index is 5.94. The highest BCUT2D eigenvalue weighted by molar-refractivity contribution is 5.38. The van der Waals surface area contributed by atoms with E-state index in [1.807, 2.05) is 30.3 Å². The molecule has 1 N–H and O–H groups in total. The van der Waals surface area contributed by atoms with Gasteiger partial charge in [0.1, 0.15) is 12.4 Å². The van der Waals surface area contributed by atoms with E-state index in [9.17, 15) is 0 Å². The lowest BCUT2D eigenvalue weighted by molar-refractivity contribution is 0.267. The quantitative estimate of drug-likeness (QED) is 0.851. The molecule has 2 rings (SSSR count). The van der Waals surface area contributed by atoms with E-state index < -0.39 is 0 Å². The van der Waals surface area contributed by atoms with Gasteiger partial charge in [0, 0.05) is 0 Å². The predicted molar refractivity (Wildman–Crippen MR) is 89.0 cm³/mol. The van der Waals surface area contributed by atoms with Crippen LogP contribution in [0.4, 0.5) is 0 Å². The lowest BCUT2D eigenvalue weighted by Crippen LogP contribution is -2.27. The van der Waals surface area contributed by atoms with Gasteiger partial charge in [-0.15, -0.1) is 0 Å². The summed E-state index contributed by atoms with van der Waals surface area (Å²) >= 11 is 0. The number of hydrogen-bond acceptors (Lipinski definition) is 2. The van der Waals surface area contributed by atoms with Crippen LogP contribution >= 0.6 is 0 Å². The molecule has 2 aromatic carbocycles. The fourth-order valence-electron chi connectivity index (χ4n) is 2.56. The van der Waals surface area contributed by atoms with Crippen LogP contribution in [-0.2, 0) is 0 Å². The Kier molecular flexibility index (Phi) is 5.40. The van der Waals surface area contributed by atoms with Crippen molar-refractivity contribution in [2.45, 2.75) is 33.7 Å². The van der Waals surface area contributed by atoms with E-state index in [0.29, 0.717) is 6.61 Å². The fourth-order valence-corrected chi connectivity index (χ4v) is 2.56. The van der Waals surface area contributed by atoms with Crippen molar-refractivity contribution in [1.82, 2.24) is 5.32 Å². The van der Waals surface area contributed by atoms with Gasteiger partial charge >= 0.3 is 0 Å². The number of aryl methyl sites for hydroxylation is 3. The minimum absolute atomic E-state index is 0.217. The van der Waals surface area contributed by atoms with E-state index in [1.54, 1.807) is 0 Å². The first kappa shape index (κ1) is 15.6. The van der Waals surface area contributed by atoms with Crippen LogP contribution in [0.1, 0.15) is 35.2 Å². The first-order valence-corrected chi connectivity index (χ1v) is 7.60. The van der Waals surface area contributed by atoms with Crippen molar-refractivity contribution in [2.75, 3.05) is 13.2 Å². The molecule has 112 valence electrons. The average molecular weight is 283 g/mol. The van der Waals surface area contributed by atoms with E-state index in [0.717, 1.165) is 12.3 Å². The third kappa shape index (κ3) is 4.08. The molecule has 0 spiro atoms. The summed E-state index contributed by atoms with van der Waals surface area (Å²) in [5.41, 5.74) is 5.32. The van der Waals surface area contributed by atoms with Crippen LogP contribution in [0.2, 0.25) is 0 Å². The molecule has 0 aliphatic heterocycles. The number of likely N-dealkylation sites (N-methyl/N-ethyl adjacent to an activating group) is 1. The van der Waals surface area contributed by atoms with Crippen molar-refractivity contribution in [1.29, 1.82) is 0 Å². The van der Waals surface area contributed by atoms with Crippen LogP contribution in [0, 0.1) is 20.8 Å². The lowest BCUT2D eigenvalue weighted by atomic mass is 9.96. The van der Waals surface area contributed by atoms with Gasteiger partial charge in [-0.3, -0.25) is 0 Å². The molecule has 0 aliphatic carbocycles. The zero-order valence-electron chi connectivity index (χ0n) is 13.4. The Bertz CT molecular complexity index is 578. The van der Waals surface area contributed by atoms with Crippen molar-refractivity contribution < 1.29 is 4.74 Å². The van der Waals surface area contributed by atoms with Crippen molar-refractivity contribution in [3.63, 3.8) is 0 Å². The van der Waals surface area contributed by atoms with Crippen LogP contribution in [0.5, 0.6) is 5.75 Å². The Morgan fingerprint density at radius 2 is 1.62 bits per heavy atom. The largest absolute Gasteiger partial charge is 0.492 e. The highest BCUT2D eigenvalue weighted by atomic mass is 16.5. The number of benzene rings is 2. The summed E-state index contributed by atoms with van der Waals surface area (Å²) in [6, 6.07) is 14.8. The van der Waals surface area contributed by atoms with Crippen LogP contribution < -0.4 is 10.1 Å². The van der Waals surface area contributed by atoms with Gasteiger partial charge in [0.25, 0.3) is 0 Å². The molecule has 0 bridgehead atoms. The van der Waals surface area contributed by atoms with Crippen molar-refractivity contribution in [3.8, 4) is 5.75 Å². The van der Waals surface area contributed by atoms with Gasteiger partial charge in [-0.1, -0.05) is 37.3 Å². The van der Waals surface area contributed by atoms with Crippen molar-refractivity contribution >= 4 is 0 Å². The summed E-state index contributed by atoms with van der Waals surface area (Å²) in [7, 11) is 0. The molecule has 1 unspecified atom stereocenters. The van der Waals surface area contributed by atoms with Gasteiger partial charge in [0.2, 0.25) is 0 Å². The van der Waals surface area contributed by atoms with E-state index in [2.05, 4.69) is 45.1 Å². The molecular weight excluding hydrogens is 258 g/mol. The topological polar surface area (TPSA) is 21.3 Å². The smallest absolute Gasteiger partial charge is 0.119 e. The molecule has 0 radical (unpaired) electrons. The third-order valence-electron chi connectivity index (χ3n) is 3.87. The Hall–Kier alpha value is -1.80. The second kappa shape index (κ2) is 7.28. The number of hydrogen-bond donors (Lipinski definition) is 1. The molecule has 0 amide bonds. The van der Waals surface area contributed by atoms with Crippen LogP contribution in [0.25, 0.3) is 0 Å².